The maximum absolute atomic E-state index is 13.7. The van der Waals surface area contributed by atoms with Gasteiger partial charge in [0.25, 0.3) is 5.91 Å². The van der Waals surface area contributed by atoms with Crippen LogP contribution in [0, 0.1) is 0 Å². The molecule has 3 aromatic carbocycles. The van der Waals surface area contributed by atoms with E-state index in [9.17, 15) is 9.59 Å². The second-order valence-electron chi connectivity index (χ2n) is 8.73. The summed E-state index contributed by atoms with van der Waals surface area (Å²) in [5.41, 5.74) is 2.26. The molecule has 7 heteroatoms. The zero-order valence-corrected chi connectivity index (χ0v) is 20.9. The van der Waals surface area contributed by atoms with Gasteiger partial charge >= 0.3 is 0 Å². The number of ether oxygens (including phenoxy) is 2. The van der Waals surface area contributed by atoms with Crippen LogP contribution in [0.1, 0.15) is 46.6 Å². The van der Waals surface area contributed by atoms with Crippen LogP contribution in [-0.4, -0.2) is 31.1 Å². The molecule has 36 heavy (non-hydrogen) atoms. The highest BCUT2D eigenvalue weighted by Gasteiger charge is 2.42. The molecule has 4 aromatic rings. The summed E-state index contributed by atoms with van der Waals surface area (Å²) in [5, 5.41) is 0.788. The predicted octanol–water partition coefficient (Wildman–Crippen LogP) is 6.03. The molecule has 184 valence electrons. The lowest BCUT2D eigenvalue weighted by molar-refractivity contribution is 0.0730. The van der Waals surface area contributed by atoms with E-state index in [0.717, 1.165) is 23.3 Å². The molecule has 0 bridgehead atoms. The summed E-state index contributed by atoms with van der Waals surface area (Å²) in [6.45, 7) is 3.02. The smallest absolute Gasteiger partial charge is 0.290 e. The average molecular weight is 504 g/mol. The van der Waals surface area contributed by atoms with Gasteiger partial charge in [0.15, 0.2) is 5.43 Å². The highest BCUT2D eigenvalue weighted by Crippen LogP contribution is 2.39. The zero-order chi connectivity index (χ0) is 25.2. The average Bonchev–Trinajstić information content (AvgIpc) is 3.18. The lowest BCUT2D eigenvalue weighted by Crippen LogP contribution is -2.31. The molecule has 1 aliphatic heterocycles. The van der Waals surface area contributed by atoms with Crippen molar-refractivity contribution in [2.24, 2.45) is 0 Å². The first kappa shape index (κ1) is 23.9. The SMILES string of the molecule is CCCOc1cccc(C2c3c(oc4ccc(Cl)cc4c3=O)C(=O)N2CCc2ccc(OC)cc2)c1. The van der Waals surface area contributed by atoms with Gasteiger partial charge in [0.1, 0.15) is 17.1 Å². The quantitative estimate of drug-likeness (QED) is 0.293. The highest BCUT2D eigenvalue weighted by molar-refractivity contribution is 6.31. The van der Waals surface area contributed by atoms with Gasteiger partial charge < -0.3 is 18.8 Å². The van der Waals surface area contributed by atoms with E-state index in [1.165, 1.54) is 0 Å². The first-order valence-corrected chi connectivity index (χ1v) is 12.3. The van der Waals surface area contributed by atoms with Gasteiger partial charge in [-0.3, -0.25) is 9.59 Å². The standard InChI is InChI=1S/C29H26ClNO5/c1-3-15-35-22-6-4-5-19(16-22)26-25-27(32)23-17-20(30)9-12-24(23)36-28(25)29(33)31(26)14-13-18-7-10-21(34-2)11-8-18/h4-12,16-17,26H,3,13-15H2,1-2H3. The summed E-state index contributed by atoms with van der Waals surface area (Å²) < 4.78 is 17.1. The van der Waals surface area contributed by atoms with Crippen molar-refractivity contribution in [1.29, 1.82) is 0 Å². The third kappa shape index (κ3) is 4.44. The van der Waals surface area contributed by atoms with Crippen LogP contribution in [0.25, 0.3) is 11.0 Å². The molecule has 2 heterocycles. The normalized spacial score (nSPS) is 14.8. The van der Waals surface area contributed by atoms with Gasteiger partial charge in [0, 0.05) is 11.6 Å². The van der Waals surface area contributed by atoms with Crippen molar-refractivity contribution < 1.29 is 18.7 Å². The monoisotopic (exact) mass is 503 g/mol. The molecule has 5 rings (SSSR count). The molecule has 1 unspecified atom stereocenters. The summed E-state index contributed by atoms with van der Waals surface area (Å²) in [6.07, 6.45) is 1.48. The van der Waals surface area contributed by atoms with E-state index in [-0.39, 0.29) is 17.1 Å². The topological polar surface area (TPSA) is 69.0 Å². The van der Waals surface area contributed by atoms with Crippen LogP contribution in [0.2, 0.25) is 5.02 Å². The van der Waals surface area contributed by atoms with Crippen LogP contribution >= 0.6 is 11.6 Å². The fourth-order valence-corrected chi connectivity index (χ4v) is 4.78. The predicted molar refractivity (Wildman–Crippen MR) is 139 cm³/mol. The van der Waals surface area contributed by atoms with Crippen molar-refractivity contribution in [3.05, 3.63) is 104 Å². The van der Waals surface area contributed by atoms with E-state index < -0.39 is 6.04 Å². The number of nitrogens with zero attached hydrogens (tertiary/aromatic N) is 1. The molecular formula is C29H26ClNO5. The molecular weight excluding hydrogens is 478 g/mol. The molecule has 0 saturated carbocycles. The molecule has 1 atom stereocenters. The fraction of sp³-hybridized carbons (Fsp3) is 0.241. The molecule has 0 fully saturated rings. The lowest BCUT2D eigenvalue weighted by Gasteiger charge is -2.25. The molecule has 1 aromatic heterocycles. The second-order valence-corrected chi connectivity index (χ2v) is 9.17. The summed E-state index contributed by atoms with van der Waals surface area (Å²) in [6, 6.07) is 19.5. The maximum atomic E-state index is 13.7. The largest absolute Gasteiger partial charge is 0.497 e. The van der Waals surface area contributed by atoms with Crippen LogP contribution in [0.5, 0.6) is 11.5 Å². The number of amides is 1. The first-order valence-electron chi connectivity index (χ1n) is 11.9. The minimum atomic E-state index is -0.601. The van der Waals surface area contributed by atoms with Gasteiger partial charge in [-0.2, -0.15) is 0 Å². The van der Waals surface area contributed by atoms with E-state index >= 15 is 0 Å². The van der Waals surface area contributed by atoms with Gasteiger partial charge in [0.05, 0.1) is 30.7 Å². The van der Waals surface area contributed by atoms with Crippen LogP contribution in [0.3, 0.4) is 0 Å². The third-order valence-corrected chi connectivity index (χ3v) is 6.61. The first-order chi connectivity index (χ1) is 17.5. The molecule has 0 N–H and O–H groups in total. The number of rotatable bonds is 8. The summed E-state index contributed by atoms with van der Waals surface area (Å²) in [4.78, 5) is 29.1. The lowest BCUT2D eigenvalue weighted by atomic mass is 9.98. The number of hydrogen-bond acceptors (Lipinski definition) is 5. The van der Waals surface area contributed by atoms with E-state index in [0.29, 0.717) is 46.9 Å². The van der Waals surface area contributed by atoms with E-state index in [2.05, 4.69) is 0 Å². The Morgan fingerprint density at radius 2 is 1.81 bits per heavy atom. The van der Waals surface area contributed by atoms with Gasteiger partial charge in [0.2, 0.25) is 5.76 Å². The molecule has 0 aliphatic carbocycles. The Balaban J connectivity index is 1.59. The summed E-state index contributed by atoms with van der Waals surface area (Å²) >= 11 is 6.18. The molecule has 0 spiro atoms. The molecule has 0 saturated heterocycles. The highest BCUT2D eigenvalue weighted by atomic mass is 35.5. The van der Waals surface area contributed by atoms with Crippen molar-refractivity contribution in [2.75, 3.05) is 20.3 Å². The molecule has 6 nitrogen and oxygen atoms in total. The number of halogens is 1. The Morgan fingerprint density at radius 3 is 2.56 bits per heavy atom. The van der Waals surface area contributed by atoms with Crippen molar-refractivity contribution in [3.63, 3.8) is 0 Å². The fourth-order valence-electron chi connectivity index (χ4n) is 4.61. The number of carbonyl (C=O) groups excluding carboxylic acids is 1. The van der Waals surface area contributed by atoms with Crippen molar-refractivity contribution >= 4 is 28.5 Å². The number of hydrogen-bond donors (Lipinski definition) is 0. The number of carbonyl (C=O) groups is 1. The van der Waals surface area contributed by atoms with E-state index in [4.69, 9.17) is 25.5 Å². The van der Waals surface area contributed by atoms with Gasteiger partial charge in [-0.05, 0) is 66.4 Å². The number of fused-ring (bicyclic) bond motifs is 2. The van der Waals surface area contributed by atoms with Crippen LogP contribution in [0.15, 0.2) is 75.9 Å². The van der Waals surface area contributed by atoms with Crippen LogP contribution in [-0.2, 0) is 6.42 Å². The van der Waals surface area contributed by atoms with E-state index in [1.807, 2.05) is 55.5 Å². The Morgan fingerprint density at radius 1 is 1.00 bits per heavy atom. The van der Waals surface area contributed by atoms with Crippen molar-refractivity contribution in [3.8, 4) is 11.5 Å². The Labute approximate surface area is 214 Å². The number of benzene rings is 3. The van der Waals surface area contributed by atoms with Gasteiger partial charge in [-0.25, -0.2) is 0 Å². The summed E-state index contributed by atoms with van der Waals surface area (Å²) in [5.74, 6) is 1.23. The summed E-state index contributed by atoms with van der Waals surface area (Å²) in [7, 11) is 1.62. The van der Waals surface area contributed by atoms with Crippen LogP contribution < -0.4 is 14.9 Å². The number of methoxy groups -OCH3 is 1. The second kappa shape index (κ2) is 10.1. The minimum absolute atomic E-state index is 0.0782. The zero-order valence-electron chi connectivity index (χ0n) is 20.1. The Kier molecular flexibility index (Phi) is 6.70. The van der Waals surface area contributed by atoms with Crippen molar-refractivity contribution in [1.82, 2.24) is 4.90 Å². The molecule has 1 aliphatic rings. The molecule has 0 radical (unpaired) electrons. The van der Waals surface area contributed by atoms with Crippen molar-refractivity contribution in [2.45, 2.75) is 25.8 Å². The Bertz CT molecular complexity index is 1480. The maximum Gasteiger partial charge on any atom is 0.290 e. The molecule has 1 amide bonds. The minimum Gasteiger partial charge on any atom is -0.497 e. The van der Waals surface area contributed by atoms with E-state index in [1.54, 1.807) is 30.2 Å². The Hall–Kier alpha value is -3.77. The van der Waals surface area contributed by atoms with Crippen LogP contribution in [0.4, 0.5) is 0 Å². The van der Waals surface area contributed by atoms with Gasteiger partial charge in [-0.15, -0.1) is 0 Å². The van der Waals surface area contributed by atoms with Gasteiger partial charge in [-0.1, -0.05) is 42.8 Å². The third-order valence-electron chi connectivity index (χ3n) is 6.37.